The number of nitrogens with zero attached hydrogens (tertiary/aromatic N) is 3. The molecule has 9 heteroatoms. The fourth-order valence-corrected chi connectivity index (χ4v) is 5.60. The molecule has 3 aromatic rings. The number of carbonyl (C=O) groups is 1. The second-order valence-electron chi connectivity index (χ2n) is 6.86. The molecule has 0 unspecified atom stereocenters. The summed E-state index contributed by atoms with van der Waals surface area (Å²) in [6.07, 6.45) is 0.765. The minimum absolute atomic E-state index is 0.183. The Balaban J connectivity index is 1.61. The molecule has 1 aromatic heterocycles. The molecule has 0 bridgehead atoms. The number of amides is 1. The molecule has 1 saturated heterocycles. The molecule has 1 amide bonds. The predicted molar refractivity (Wildman–Crippen MR) is 111 cm³/mol. The normalized spacial score (nSPS) is 17.0. The fourth-order valence-electron chi connectivity index (χ4n) is 3.70. The number of aromatic nitrogens is 2. The van der Waals surface area contributed by atoms with E-state index in [4.69, 9.17) is 0 Å². The maximum absolute atomic E-state index is 13.3. The van der Waals surface area contributed by atoms with E-state index in [1.54, 1.807) is 35.8 Å². The van der Waals surface area contributed by atoms with Crippen molar-refractivity contribution >= 4 is 32.4 Å². The SMILES string of the molecule is O=C(Nc1nncs1)C1(c2ccccc2)CCN(S(=O)(=O)c2ccccc2)CC1. The fraction of sp³-hybridized carbons (Fsp3) is 0.250. The van der Waals surface area contributed by atoms with Crippen molar-refractivity contribution in [2.24, 2.45) is 0 Å². The second-order valence-corrected chi connectivity index (χ2v) is 9.63. The molecule has 2 aromatic carbocycles. The zero-order valence-electron chi connectivity index (χ0n) is 15.6. The summed E-state index contributed by atoms with van der Waals surface area (Å²) in [7, 11) is -3.59. The van der Waals surface area contributed by atoms with Gasteiger partial charge in [0.25, 0.3) is 0 Å². The van der Waals surface area contributed by atoms with Crippen LogP contribution in [0.5, 0.6) is 0 Å². The van der Waals surface area contributed by atoms with Crippen molar-refractivity contribution in [2.75, 3.05) is 18.4 Å². The zero-order valence-corrected chi connectivity index (χ0v) is 17.2. The minimum atomic E-state index is -3.59. The van der Waals surface area contributed by atoms with Gasteiger partial charge in [-0.3, -0.25) is 10.1 Å². The van der Waals surface area contributed by atoms with Crippen molar-refractivity contribution in [1.82, 2.24) is 14.5 Å². The van der Waals surface area contributed by atoms with Gasteiger partial charge in [0.2, 0.25) is 21.1 Å². The molecular weight excluding hydrogens is 408 g/mol. The molecule has 150 valence electrons. The van der Waals surface area contributed by atoms with Crippen molar-refractivity contribution in [2.45, 2.75) is 23.2 Å². The third-order valence-electron chi connectivity index (χ3n) is 5.30. The third-order valence-corrected chi connectivity index (χ3v) is 7.82. The summed E-state index contributed by atoms with van der Waals surface area (Å²) in [5.74, 6) is -0.183. The smallest absolute Gasteiger partial charge is 0.243 e. The van der Waals surface area contributed by atoms with Crippen LogP contribution in [0.4, 0.5) is 5.13 Å². The zero-order chi connectivity index (χ0) is 20.3. The number of hydrogen-bond acceptors (Lipinski definition) is 6. The van der Waals surface area contributed by atoms with Crippen LogP contribution in [-0.4, -0.2) is 41.9 Å². The number of nitrogens with one attached hydrogen (secondary N) is 1. The highest BCUT2D eigenvalue weighted by Gasteiger charge is 2.45. The van der Waals surface area contributed by atoms with Crippen molar-refractivity contribution in [3.8, 4) is 0 Å². The van der Waals surface area contributed by atoms with Gasteiger partial charge in [0, 0.05) is 13.1 Å². The lowest BCUT2D eigenvalue weighted by Crippen LogP contribution is -2.50. The lowest BCUT2D eigenvalue weighted by molar-refractivity contribution is -0.123. The Morgan fingerprint density at radius 1 is 1.00 bits per heavy atom. The van der Waals surface area contributed by atoms with Gasteiger partial charge < -0.3 is 0 Å². The highest BCUT2D eigenvalue weighted by Crippen LogP contribution is 2.38. The summed E-state index contributed by atoms with van der Waals surface area (Å²) < 4.78 is 27.4. The van der Waals surface area contributed by atoms with Gasteiger partial charge in [-0.15, -0.1) is 10.2 Å². The molecule has 0 aliphatic carbocycles. The lowest BCUT2D eigenvalue weighted by atomic mass is 9.72. The van der Waals surface area contributed by atoms with Crippen LogP contribution in [0.1, 0.15) is 18.4 Å². The highest BCUT2D eigenvalue weighted by atomic mass is 32.2. The van der Waals surface area contributed by atoms with E-state index in [-0.39, 0.29) is 23.9 Å². The molecule has 2 heterocycles. The van der Waals surface area contributed by atoms with Crippen LogP contribution in [0.15, 0.2) is 71.1 Å². The topological polar surface area (TPSA) is 92.3 Å². The van der Waals surface area contributed by atoms with Crippen LogP contribution in [0.25, 0.3) is 0 Å². The van der Waals surface area contributed by atoms with Gasteiger partial charge in [-0.25, -0.2) is 8.42 Å². The summed E-state index contributed by atoms with van der Waals surface area (Å²) in [4.78, 5) is 13.5. The van der Waals surface area contributed by atoms with E-state index in [0.717, 1.165) is 5.56 Å². The molecule has 0 radical (unpaired) electrons. The lowest BCUT2D eigenvalue weighted by Gasteiger charge is -2.40. The molecule has 4 rings (SSSR count). The standard InChI is InChI=1S/C20H20N4O3S2/c25-18(22-19-23-21-15-28-19)20(16-7-3-1-4-8-16)11-13-24(14-12-20)29(26,27)17-9-5-2-6-10-17/h1-10,15H,11-14H2,(H,22,23,25). The van der Waals surface area contributed by atoms with E-state index in [1.165, 1.54) is 15.6 Å². The van der Waals surface area contributed by atoms with Gasteiger partial charge in [-0.05, 0) is 30.5 Å². The molecule has 0 saturated carbocycles. The van der Waals surface area contributed by atoms with E-state index >= 15 is 0 Å². The molecular formula is C20H20N4O3S2. The maximum atomic E-state index is 13.3. The Hall–Kier alpha value is -2.62. The Kier molecular flexibility index (Phi) is 5.44. The molecule has 0 atom stereocenters. The summed E-state index contributed by atoms with van der Waals surface area (Å²) >= 11 is 1.25. The van der Waals surface area contributed by atoms with Gasteiger partial charge in [0.15, 0.2) is 0 Å². The molecule has 29 heavy (non-hydrogen) atoms. The van der Waals surface area contributed by atoms with Gasteiger partial charge >= 0.3 is 0 Å². The van der Waals surface area contributed by atoms with Crippen molar-refractivity contribution < 1.29 is 13.2 Å². The Labute approximate surface area is 173 Å². The molecule has 1 aliphatic rings. The average Bonchev–Trinajstić information content (AvgIpc) is 3.28. The summed E-state index contributed by atoms with van der Waals surface area (Å²) in [5, 5.41) is 10.9. The number of benzene rings is 2. The molecule has 7 nitrogen and oxygen atoms in total. The molecule has 1 N–H and O–H groups in total. The first-order valence-electron chi connectivity index (χ1n) is 9.21. The highest BCUT2D eigenvalue weighted by molar-refractivity contribution is 7.89. The first kappa shape index (κ1) is 19.7. The molecule has 1 fully saturated rings. The summed E-state index contributed by atoms with van der Waals surface area (Å²) in [6, 6.07) is 17.9. The summed E-state index contributed by atoms with van der Waals surface area (Å²) in [5.41, 5.74) is 1.61. The Morgan fingerprint density at radius 2 is 1.62 bits per heavy atom. The maximum Gasteiger partial charge on any atom is 0.243 e. The van der Waals surface area contributed by atoms with Crippen LogP contribution in [0, 0.1) is 0 Å². The first-order chi connectivity index (χ1) is 14.0. The number of carbonyl (C=O) groups excluding carboxylic acids is 1. The number of hydrogen-bond donors (Lipinski definition) is 1. The Morgan fingerprint density at radius 3 is 2.21 bits per heavy atom. The summed E-state index contributed by atoms with van der Waals surface area (Å²) in [6.45, 7) is 0.519. The van der Waals surface area contributed by atoms with Crippen LogP contribution >= 0.6 is 11.3 Å². The van der Waals surface area contributed by atoms with E-state index in [2.05, 4.69) is 15.5 Å². The van der Waals surface area contributed by atoms with E-state index < -0.39 is 15.4 Å². The minimum Gasteiger partial charge on any atom is -0.300 e. The third kappa shape index (κ3) is 3.81. The van der Waals surface area contributed by atoms with Crippen LogP contribution in [-0.2, 0) is 20.2 Å². The van der Waals surface area contributed by atoms with E-state index in [9.17, 15) is 13.2 Å². The van der Waals surface area contributed by atoms with Crippen molar-refractivity contribution in [3.63, 3.8) is 0 Å². The molecule has 0 spiro atoms. The van der Waals surface area contributed by atoms with Gasteiger partial charge in [0.05, 0.1) is 10.3 Å². The average molecular weight is 429 g/mol. The van der Waals surface area contributed by atoms with Crippen LogP contribution < -0.4 is 5.32 Å². The van der Waals surface area contributed by atoms with Crippen molar-refractivity contribution in [1.29, 1.82) is 0 Å². The van der Waals surface area contributed by atoms with Gasteiger partial charge in [-0.2, -0.15) is 4.31 Å². The predicted octanol–water partition coefficient (Wildman–Crippen LogP) is 2.90. The first-order valence-corrected chi connectivity index (χ1v) is 11.5. The molecule has 1 aliphatic heterocycles. The van der Waals surface area contributed by atoms with Crippen LogP contribution in [0.3, 0.4) is 0 Å². The Bertz CT molecular complexity index is 1060. The van der Waals surface area contributed by atoms with Gasteiger partial charge in [0.1, 0.15) is 5.51 Å². The monoisotopic (exact) mass is 428 g/mol. The van der Waals surface area contributed by atoms with Crippen LogP contribution in [0.2, 0.25) is 0 Å². The number of anilines is 1. The number of rotatable bonds is 5. The van der Waals surface area contributed by atoms with Crippen molar-refractivity contribution in [3.05, 3.63) is 71.7 Å². The largest absolute Gasteiger partial charge is 0.300 e. The second kappa shape index (κ2) is 8.02. The van der Waals surface area contributed by atoms with E-state index in [1.807, 2.05) is 30.3 Å². The van der Waals surface area contributed by atoms with E-state index in [0.29, 0.717) is 18.0 Å². The number of piperidine rings is 1. The number of sulfonamides is 1. The quantitative estimate of drug-likeness (QED) is 0.675. The van der Waals surface area contributed by atoms with Gasteiger partial charge in [-0.1, -0.05) is 59.9 Å².